The van der Waals surface area contributed by atoms with E-state index in [2.05, 4.69) is 10.4 Å². The number of benzene rings is 1. The van der Waals surface area contributed by atoms with Gasteiger partial charge in [0.25, 0.3) is 0 Å². The Kier molecular flexibility index (Phi) is 4.34. The smallest absolute Gasteiger partial charge is 0.384 e. The fraction of sp³-hybridized carbons (Fsp3) is 0.357. The quantitative estimate of drug-likeness (QED) is 0.673. The van der Waals surface area contributed by atoms with Crippen LogP contribution < -0.4 is 11.3 Å². The number of halogens is 3. The number of anilines is 1. The third-order valence-electron chi connectivity index (χ3n) is 3.33. The van der Waals surface area contributed by atoms with Crippen molar-refractivity contribution in [1.29, 1.82) is 0 Å². The van der Waals surface area contributed by atoms with Crippen LogP contribution in [0.25, 0.3) is 10.9 Å². The zero-order chi connectivity index (χ0) is 15.6. The van der Waals surface area contributed by atoms with E-state index in [9.17, 15) is 13.2 Å². The molecule has 7 heteroatoms. The Morgan fingerprint density at radius 2 is 2.05 bits per heavy atom. The van der Waals surface area contributed by atoms with Crippen molar-refractivity contribution in [2.24, 2.45) is 5.84 Å². The standard InChI is InChI=1S/C14H16F3N3O/c1-8-11(20-18)10-5-3-4-9(6-7-21-2)12(10)19-13(8)14(15,16)17/h3-5H,6-7,18H2,1-2H3,(H,19,20). The lowest BCUT2D eigenvalue weighted by Crippen LogP contribution is -2.16. The van der Waals surface area contributed by atoms with E-state index in [0.29, 0.717) is 29.5 Å². The molecule has 0 bridgehead atoms. The molecule has 2 rings (SSSR count). The summed E-state index contributed by atoms with van der Waals surface area (Å²) in [5.74, 6) is 5.41. The minimum absolute atomic E-state index is 0.0126. The molecule has 0 saturated heterocycles. The number of alkyl halides is 3. The van der Waals surface area contributed by atoms with E-state index >= 15 is 0 Å². The number of nitrogens with two attached hydrogens (primary N) is 1. The third kappa shape index (κ3) is 2.93. The molecule has 0 aliphatic heterocycles. The molecule has 0 unspecified atom stereocenters. The van der Waals surface area contributed by atoms with Gasteiger partial charge in [0.1, 0.15) is 5.69 Å². The van der Waals surface area contributed by atoms with Gasteiger partial charge in [-0.05, 0) is 18.9 Å². The van der Waals surface area contributed by atoms with Gasteiger partial charge in [0, 0.05) is 18.1 Å². The number of nitrogens with zero attached hydrogens (tertiary/aromatic N) is 1. The highest BCUT2D eigenvalue weighted by molar-refractivity contribution is 5.95. The number of fused-ring (bicyclic) bond motifs is 1. The number of hydrogen-bond acceptors (Lipinski definition) is 4. The van der Waals surface area contributed by atoms with Crippen molar-refractivity contribution in [3.8, 4) is 0 Å². The van der Waals surface area contributed by atoms with Crippen molar-refractivity contribution in [1.82, 2.24) is 4.98 Å². The van der Waals surface area contributed by atoms with Crippen molar-refractivity contribution < 1.29 is 17.9 Å². The van der Waals surface area contributed by atoms with Gasteiger partial charge in [-0.15, -0.1) is 0 Å². The number of hydrazine groups is 1. The van der Waals surface area contributed by atoms with Crippen LogP contribution in [0.5, 0.6) is 0 Å². The summed E-state index contributed by atoms with van der Waals surface area (Å²) in [6, 6.07) is 5.20. The Hall–Kier alpha value is -1.86. The number of aromatic nitrogens is 1. The number of rotatable bonds is 4. The van der Waals surface area contributed by atoms with E-state index in [1.165, 1.54) is 14.0 Å². The maximum atomic E-state index is 13.1. The second-order valence-electron chi connectivity index (χ2n) is 4.66. The second kappa shape index (κ2) is 5.87. The Balaban J connectivity index is 2.76. The molecule has 1 aromatic carbocycles. The molecule has 0 aliphatic rings. The molecule has 0 spiro atoms. The molecule has 0 saturated carbocycles. The SMILES string of the molecule is COCCc1cccc2c(NN)c(C)c(C(F)(F)F)nc12. The number of pyridine rings is 1. The van der Waals surface area contributed by atoms with Crippen molar-refractivity contribution >= 4 is 16.6 Å². The van der Waals surface area contributed by atoms with Crippen LogP contribution in [-0.2, 0) is 17.3 Å². The van der Waals surface area contributed by atoms with Gasteiger partial charge in [0.05, 0.1) is 17.8 Å². The van der Waals surface area contributed by atoms with Crippen molar-refractivity contribution in [2.75, 3.05) is 19.1 Å². The summed E-state index contributed by atoms with van der Waals surface area (Å²) in [7, 11) is 1.54. The van der Waals surface area contributed by atoms with Gasteiger partial charge in [0.15, 0.2) is 0 Å². The van der Waals surface area contributed by atoms with Crippen LogP contribution in [0.4, 0.5) is 18.9 Å². The lowest BCUT2D eigenvalue weighted by Gasteiger charge is -2.17. The van der Waals surface area contributed by atoms with Crippen LogP contribution in [-0.4, -0.2) is 18.7 Å². The topological polar surface area (TPSA) is 60.2 Å². The number of hydrogen-bond donors (Lipinski definition) is 2. The van der Waals surface area contributed by atoms with Gasteiger partial charge in [-0.3, -0.25) is 5.84 Å². The molecular weight excluding hydrogens is 283 g/mol. The van der Waals surface area contributed by atoms with Crippen LogP contribution in [0.1, 0.15) is 16.8 Å². The van der Waals surface area contributed by atoms with Gasteiger partial charge in [-0.2, -0.15) is 13.2 Å². The Labute approximate surface area is 120 Å². The average molecular weight is 299 g/mol. The zero-order valence-electron chi connectivity index (χ0n) is 11.7. The number of para-hydroxylation sites is 1. The first-order chi connectivity index (χ1) is 9.90. The van der Waals surface area contributed by atoms with Crippen LogP contribution in [0.2, 0.25) is 0 Å². The predicted octanol–water partition coefficient (Wildman–Crippen LogP) is 3.04. The summed E-state index contributed by atoms with van der Waals surface area (Å²) in [6.45, 7) is 1.76. The van der Waals surface area contributed by atoms with Crippen LogP contribution in [0.3, 0.4) is 0 Å². The second-order valence-corrected chi connectivity index (χ2v) is 4.66. The molecule has 114 valence electrons. The van der Waals surface area contributed by atoms with Crippen LogP contribution >= 0.6 is 0 Å². The van der Waals surface area contributed by atoms with Crippen molar-refractivity contribution in [3.63, 3.8) is 0 Å². The summed E-state index contributed by atoms with van der Waals surface area (Å²) in [4.78, 5) is 3.83. The summed E-state index contributed by atoms with van der Waals surface area (Å²) >= 11 is 0. The lowest BCUT2D eigenvalue weighted by atomic mass is 10.0. The van der Waals surface area contributed by atoms with E-state index in [-0.39, 0.29) is 11.3 Å². The first-order valence-corrected chi connectivity index (χ1v) is 6.35. The lowest BCUT2D eigenvalue weighted by molar-refractivity contribution is -0.141. The summed E-state index contributed by atoms with van der Waals surface area (Å²) < 4.78 is 44.3. The van der Waals surface area contributed by atoms with E-state index < -0.39 is 11.9 Å². The Morgan fingerprint density at radius 3 is 2.62 bits per heavy atom. The highest BCUT2D eigenvalue weighted by Gasteiger charge is 2.36. The largest absolute Gasteiger partial charge is 0.433 e. The number of nitrogens with one attached hydrogen (secondary N) is 1. The maximum absolute atomic E-state index is 13.1. The van der Waals surface area contributed by atoms with Gasteiger partial charge in [0.2, 0.25) is 0 Å². The Bertz CT molecular complexity index is 656. The fourth-order valence-corrected chi connectivity index (χ4v) is 2.32. The molecular formula is C14H16F3N3O. The van der Waals surface area contributed by atoms with Gasteiger partial charge in [-0.1, -0.05) is 18.2 Å². The molecule has 0 amide bonds. The fourth-order valence-electron chi connectivity index (χ4n) is 2.32. The molecule has 0 radical (unpaired) electrons. The molecule has 0 atom stereocenters. The van der Waals surface area contributed by atoms with Gasteiger partial charge >= 0.3 is 6.18 Å². The normalized spacial score (nSPS) is 11.9. The predicted molar refractivity (Wildman–Crippen MR) is 74.9 cm³/mol. The molecule has 0 aliphatic carbocycles. The monoisotopic (exact) mass is 299 g/mol. The summed E-state index contributed by atoms with van der Waals surface area (Å²) in [5.41, 5.74) is 2.65. The highest BCUT2D eigenvalue weighted by Crippen LogP contribution is 2.37. The molecule has 1 heterocycles. The van der Waals surface area contributed by atoms with Crippen LogP contribution in [0, 0.1) is 6.92 Å². The van der Waals surface area contributed by atoms with Crippen molar-refractivity contribution in [2.45, 2.75) is 19.5 Å². The van der Waals surface area contributed by atoms with Gasteiger partial charge < -0.3 is 10.2 Å². The van der Waals surface area contributed by atoms with Gasteiger partial charge in [-0.25, -0.2) is 4.98 Å². The first kappa shape index (κ1) is 15.5. The van der Waals surface area contributed by atoms with E-state index in [1.54, 1.807) is 18.2 Å². The molecule has 1 aromatic heterocycles. The molecule has 4 nitrogen and oxygen atoms in total. The first-order valence-electron chi connectivity index (χ1n) is 6.35. The highest BCUT2D eigenvalue weighted by atomic mass is 19.4. The molecule has 2 aromatic rings. The van der Waals surface area contributed by atoms with Crippen molar-refractivity contribution in [3.05, 3.63) is 35.0 Å². The average Bonchev–Trinajstić information content (AvgIpc) is 2.43. The molecule has 3 N–H and O–H groups in total. The summed E-state index contributed by atoms with van der Waals surface area (Å²) in [6.07, 6.45) is -4.05. The zero-order valence-corrected chi connectivity index (χ0v) is 11.7. The van der Waals surface area contributed by atoms with E-state index in [1.807, 2.05) is 0 Å². The number of nitrogen functional groups attached to an aromatic ring is 1. The maximum Gasteiger partial charge on any atom is 0.433 e. The van der Waals surface area contributed by atoms with E-state index in [4.69, 9.17) is 10.6 Å². The van der Waals surface area contributed by atoms with E-state index in [0.717, 1.165) is 0 Å². The Morgan fingerprint density at radius 1 is 1.33 bits per heavy atom. The number of ether oxygens (including phenoxy) is 1. The minimum atomic E-state index is -4.53. The van der Waals surface area contributed by atoms with Crippen LogP contribution in [0.15, 0.2) is 18.2 Å². The summed E-state index contributed by atoms with van der Waals surface area (Å²) in [5, 5.41) is 0.566. The third-order valence-corrected chi connectivity index (χ3v) is 3.33. The molecule has 21 heavy (non-hydrogen) atoms. The molecule has 0 fully saturated rings. The number of methoxy groups -OCH3 is 1. The minimum Gasteiger partial charge on any atom is -0.384 e.